The molecule has 1 aromatic heterocycles. The molecule has 0 radical (unpaired) electrons. The highest BCUT2D eigenvalue weighted by Crippen LogP contribution is 2.32. The zero-order valence-corrected chi connectivity index (χ0v) is 24.5. The van der Waals surface area contributed by atoms with E-state index in [1.165, 1.54) is 13.8 Å². The van der Waals surface area contributed by atoms with Crippen molar-refractivity contribution in [1.29, 1.82) is 0 Å². The molecule has 0 bridgehead atoms. The van der Waals surface area contributed by atoms with Crippen molar-refractivity contribution < 1.29 is 36.3 Å². The summed E-state index contributed by atoms with van der Waals surface area (Å²) in [5.41, 5.74) is -3.94. The van der Waals surface area contributed by atoms with Crippen molar-refractivity contribution in [2.75, 3.05) is 29.9 Å². The van der Waals surface area contributed by atoms with Crippen LogP contribution in [0.1, 0.15) is 39.9 Å². The van der Waals surface area contributed by atoms with Crippen LogP contribution in [0.4, 0.5) is 24.7 Å². The van der Waals surface area contributed by atoms with Crippen LogP contribution in [0, 0.1) is 19.8 Å². The van der Waals surface area contributed by atoms with Crippen LogP contribution in [0.3, 0.4) is 0 Å². The highest BCUT2D eigenvalue weighted by molar-refractivity contribution is 7.92. The van der Waals surface area contributed by atoms with Crippen molar-refractivity contribution in [3.05, 3.63) is 83.0 Å². The second-order valence-corrected chi connectivity index (χ2v) is 12.6. The quantitative estimate of drug-likeness (QED) is 0.297. The summed E-state index contributed by atoms with van der Waals surface area (Å²) in [7, 11) is -5.60. The number of amides is 1. The maximum atomic E-state index is 13.0. The van der Waals surface area contributed by atoms with Gasteiger partial charge in [0.25, 0.3) is 15.7 Å². The molecule has 13 heteroatoms. The summed E-state index contributed by atoms with van der Waals surface area (Å²) in [5, 5.41) is 15.6. The van der Waals surface area contributed by atoms with E-state index in [0.717, 1.165) is 56.1 Å². The number of anilines is 2. The molecule has 0 saturated carbocycles. The van der Waals surface area contributed by atoms with Crippen molar-refractivity contribution >= 4 is 33.2 Å². The minimum absolute atomic E-state index is 0.0231. The average Bonchev–Trinajstić information content (AvgIpc) is 2.96. The molecular weight excluding hydrogens is 585 g/mol. The van der Waals surface area contributed by atoms with Gasteiger partial charge in [-0.15, -0.1) is 0 Å². The Kier molecular flexibility index (Phi) is 9.63. The number of benzene rings is 2. The van der Waals surface area contributed by atoms with Crippen molar-refractivity contribution in [2.24, 2.45) is 5.92 Å². The number of nitrogens with zero attached hydrogens (tertiary/aromatic N) is 2. The molecule has 1 fully saturated rings. The first kappa shape index (κ1) is 31.8. The second kappa shape index (κ2) is 13.0. The van der Waals surface area contributed by atoms with Crippen molar-refractivity contribution in [2.45, 2.75) is 49.6 Å². The third kappa shape index (κ3) is 7.64. The maximum absolute atomic E-state index is 13.0. The van der Waals surface area contributed by atoms with Gasteiger partial charge < -0.3 is 20.6 Å². The van der Waals surface area contributed by atoms with E-state index in [4.69, 9.17) is 0 Å². The van der Waals surface area contributed by atoms with Gasteiger partial charge in [0, 0.05) is 43.5 Å². The Bertz CT molecular complexity index is 1530. The number of hydrogen-bond acceptors (Lipinski definition) is 7. The van der Waals surface area contributed by atoms with Crippen molar-refractivity contribution in [3.63, 3.8) is 0 Å². The minimum Gasteiger partial charge on any atom is -0.480 e. The molecule has 1 unspecified atom stereocenters. The Balaban J connectivity index is 1.36. The van der Waals surface area contributed by atoms with Crippen LogP contribution >= 0.6 is 0 Å². The van der Waals surface area contributed by atoms with Gasteiger partial charge in [0.1, 0.15) is 11.9 Å². The maximum Gasteiger partial charge on any atom is 0.501 e. The summed E-state index contributed by atoms with van der Waals surface area (Å²) in [6, 6.07) is 13.4. The number of aliphatic carboxylic acids is 1. The van der Waals surface area contributed by atoms with Gasteiger partial charge in [-0.3, -0.25) is 4.79 Å². The number of sulfone groups is 1. The molecule has 9 nitrogen and oxygen atoms in total. The predicted octanol–water partition coefficient (Wildman–Crippen LogP) is 4.75. The van der Waals surface area contributed by atoms with Gasteiger partial charge >= 0.3 is 11.5 Å². The predicted molar refractivity (Wildman–Crippen MR) is 156 cm³/mol. The Hall–Kier alpha value is -4.13. The molecule has 3 N–H and O–H groups in total. The number of nitrogens with one attached hydrogen (secondary N) is 2. The zero-order chi connectivity index (χ0) is 31.4. The molecule has 43 heavy (non-hydrogen) atoms. The number of halogens is 3. The highest BCUT2D eigenvalue weighted by atomic mass is 32.2. The fourth-order valence-corrected chi connectivity index (χ4v) is 6.12. The minimum atomic E-state index is -5.60. The molecule has 4 rings (SSSR count). The third-order valence-corrected chi connectivity index (χ3v) is 9.01. The molecule has 1 aliphatic heterocycles. The van der Waals surface area contributed by atoms with Crippen LogP contribution in [-0.2, 0) is 21.1 Å². The van der Waals surface area contributed by atoms with E-state index < -0.39 is 38.2 Å². The van der Waals surface area contributed by atoms with Crippen LogP contribution in [-0.4, -0.2) is 61.6 Å². The van der Waals surface area contributed by atoms with Gasteiger partial charge in [-0.1, -0.05) is 18.2 Å². The van der Waals surface area contributed by atoms with E-state index >= 15 is 0 Å². The Morgan fingerprint density at radius 1 is 1.05 bits per heavy atom. The molecule has 0 aliphatic carbocycles. The first-order valence-electron chi connectivity index (χ1n) is 13.7. The lowest BCUT2D eigenvalue weighted by Gasteiger charge is -2.34. The van der Waals surface area contributed by atoms with Crippen LogP contribution in [0.5, 0.6) is 0 Å². The van der Waals surface area contributed by atoms with Gasteiger partial charge in [0.15, 0.2) is 0 Å². The molecular formula is C30H33F3N4O5S. The first-order valence-corrected chi connectivity index (χ1v) is 15.2. The standard InChI is InChI=1S/C30H33F3N4O5S/c1-19-15-24(43(41,42)30(31,32)33)16-20(2)27(19)28(38)36-25(29(39)40)17-21-6-8-23(9-7-21)37-13-10-22(11-14-37)18-35-26-5-3-4-12-34-26/h3-9,12,15-16,22,25H,10-11,13-14,17-18H2,1-2H3,(H,34,35)(H,36,38)(H,39,40). The van der Waals surface area contributed by atoms with Crippen LogP contribution in [0.2, 0.25) is 0 Å². The molecule has 3 aromatic rings. The van der Waals surface area contributed by atoms with Crippen LogP contribution in [0.25, 0.3) is 0 Å². The monoisotopic (exact) mass is 618 g/mol. The summed E-state index contributed by atoms with van der Waals surface area (Å²) in [5.74, 6) is -0.730. The summed E-state index contributed by atoms with van der Waals surface area (Å²) in [6.45, 7) is 5.20. The lowest BCUT2D eigenvalue weighted by molar-refractivity contribution is -0.139. The molecule has 2 heterocycles. The van der Waals surface area contributed by atoms with E-state index in [1.807, 2.05) is 30.3 Å². The van der Waals surface area contributed by atoms with Crippen molar-refractivity contribution in [1.82, 2.24) is 10.3 Å². The number of aryl methyl sites for hydroxylation is 2. The number of pyridine rings is 1. The molecule has 1 saturated heterocycles. The van der Waals surface area contributed by atoms with Gasteiger partial charge in [0.05, 0.1) is 4.90 Å². The summed E-state index contributed by atoms with van der Waals surface area (Å²) in [6.07, 6.45) is 3.75. The molecule has 230 valence electrons. The number of carbonyl (C=O) groups excluding carboxylic acids is 1. The van der Waals surface area contributed by atoms with Gasteiger partial charge in [0.2, 0.25) is 0 Å². The van der Waals surface area contributed by atoms with Crippen LogP contribution < -0.4 is 15.5 Å². The zero-order valence-electron chi connectivity index (χ0n) is 23.7. The number of hydrogen-bond donors (Lipinski definition) is 3. The molecule has 2 aromatic carbocycles. The lowest BCUT2D eigenvalue weighted by Crippen LogP contribution is -2.42. The molecule has 1 amide bonds. The van der Waals surface area contributed by atoms with E-state index in [1.54, 1.807) is 18.3 Å². The summed E-state index contributed by atoms with van der Waals surface area (Å²) < 4.78 is 62.6. The Morgan fingerprint density at radius 2 is 1.67 bits per heavy atom. The lowest BCUT2D eigenvalue weighted by atomic mass is 9.96. The number of piperidine rings is 1. The Morgan fingerprint density at radius 3 is 2.21 bits per heavy atom. The Labute approximate surface area is 248 Å². The fourth-order valence-electron chi connectivity index (χ4n) is 5.19. The summed E-state index contributed by atoms with van der Waals surface area (Å²) >= 11 is 0. The van der Waals surface area contributed by atoms with E-state index in [9.17, 15) is 36.3 Å². The smallest absolute Gasteiger partial charge is 0.480 e. The number of rotatable bonds is 10. The van der Waals surface area contributed by atoms with E-state index in [2.05, 4.69) is 20.5 Å². The van der Waals surface area contributed by atoms with Crippen LogP contribution in [0.15, 0.2) is 65.7 Å². The molecule has 0 spiro atoms. The number of carbonyl (C=O) groups is 2. The average molecular weight is 619 g/mol. The number of carboxylic acids is 1. The normalized spacial score (nSPS) is 15.1. The summed E-state index contributed by atoms with van der Waals surface area (Å²) in [4.78, 5) is 30.6. The highest BCUT2D eigenvalue weighted by Gasteiger charge is 2.47. The molecule has 1 atom stereocenters. The topological polar surface area (TPSA) is 129 Å². The van der Waals surface area contributed by atoms with Gasteiger partial charge in [-0.25, -0.2) is 18.2 Å². The number of aromatic nitrogens is 1. The van der Waals surface area contributed by atoms with Gasteiger partial charge in [-0.2, -0.15) is 13.2 Å². The van der Waals surface area contributed by atoms with Crippen molar-refractivity contribution in [3.8, 4) is 0 Å². The molecule has 1 aliphatic rings. The first-order chi connectivity index (χ1) is 20.3. The fraction of sp³-hybridized carbons (Fsp3) is 0.367. The van der Waals surface area contributed by atoms with Gasteiger partial charge in [-0.05, 0) is 85.7 Å². The number of alkyl halides is 3. The SMILES string of the molecule is Cc1cc(S(=O)(=O)C(F)(F)F)cc(C)c1C(=O)NC(Cc1ccc(N2CCC(CNc3ccccn3)CC2)cc1)C(=O)O. The van der Waals surface area contributed by atoms with E-state index in [-0.39, 0.29) is 23.1 Å². The number of carboxylic acid groups (broad SMARTS) is 1. The second-order valence-electron chi connectivity index (χ2n) is 10.6. The largest absolute Gasteiger partial charge is 0.501 e. The third-order valence-electron chi connectivity index (χ3n) is 7.54. The van der Waals surface area contributed by atoms with E-state index in [0.29, 0.717) is 11.5 Å².